The fraction of sp³-hybridized carbons (Fsp3) is 0.350. The zero-order valence-corrected chi connectivity index (χ0v) is 16.7. The smallest absolute Gasteiger partial charge is 0.341 e. The van der Waals surface area contributed by atoms with Crippen LogP contribution in [0.25, 0.3) is 10.9 Å². The molecule has 28 heavy (non-hydrogen) atoms. The molecule has 0 aliphatic rings. The Labute approximate surface area is 163 Å². The molecule has 3 rings (SSSR count). The van der Waals surface area contributed by atoms with E-state index in [1.165, 1.54) is 0 Å². The highest BCUT2D eigenvalue weighted by Gasteiger charge is 2.18. The topological polar surface area (TPSA) is 99.1 Å². The Balaban J connectivity index is 1.99. The van der Waals surface area contributed by atoms with Crippen LogP contribution in [0.2, 0.25) is 0 Å². The van der Waals surface area contributed by atoms with Crippen molar-refractivity contribution in [3.8, 4) is 5.75 Å². The predicted octanol–water partition coefficient (Wildman–Crippen LogP) is 3.66. The summed E-state index contributed by atoms with van der Waals surface area (Å²) in [7, 11) is 0. The van der Waals surface area contributed by atoms with E-state index in [0.29, 0.717) is 47.8 Å². The molecular weight excluding hydrogens is 358 g/mol. The van der Waals surface area contributed by atoms with E-state index in [-0.39, 0.29) is 0 Å². The second-order valence-corrected chi connectivity index (χ2v) is 6.16. The summed E-state index contributed by atoms with van der Waals surface area (Å²) in [5.41, 5.74) is 2.96. The third kappa shape index (κ3) is 3.85. The second-order valence-electron chi connectivity index (χ2n) is 6.16. The maximum absolute atomic E-state index is 12.1. The lowest BCUT2D eigenvalue weighted by molar-refractivity contribution is 0.0523. The number of carbonyl (C=O) groups is 1. The van der Waals surface area contributed by atoms with Crippen LogP contribution in [0.3, 0.4) is 0 Å². The van der Waals surface area contributed by atoms with Gasteiger partial charge in [0.1, 0.15) is 16.8 Å². The Kier molecular flexibility index (Phi) is 5.67. The fourth-order valence-corrected chi connectivity index (χ4v) is 2.98. The molecule has 8 heteroatoms. The van der Waals surface area contributed by atoms with Gasteiger partial charge in [0, 0.05) is 5.39 Å². The first kappa shape index (κ1) is 19.5. The number of rotatable bonds is 6. The number of ether oxygens (including phenoxy) is 2. The number of esters is 1. The summed E-state index contributed by atoms with van der Waals surface area (Å²) in [4.78, 5) is 29.9. The van der Waals surface area contributed by atoms with Gasteiger partial charge in [-0.3, -0.25) is 5.32 Å². The maximum atomic E-state index is 12.1. The molecule has 0 saturated carbocycles. The Morgan fingerprint density at radius 3 is 2.21 bits per heavy atom. The molecule has 0 spiro atoms. The highest BCUT2D eigenvalue weighted by molar-refractivity contribution is 5.92. The lowest BCUT2D eigenvalue weighted by Crippen LogP contribution is -2.13. The quantitative estimate of drug-likeness (QED) is 0.646. The second kappa shape index (κ2) is 8.16. The number of hydrogen-bond acceptors (Lipinski definition) is 8. The molecule has 146 valence electrons. The molecular formula is C20H23N5O3. The molecule has 3 aromatic rings. The Bertz CT molecular complexity index is 1010. The minimum absolute atomic E-state index is 0.296. The van der Waals surface area contributed by atoms with Gasteiger partial charge in [-0.2, -0.15) is 0 Å². The van der Waals surface area contributed by atoms with Gasteiger partial charge in [-0.15, -0.1) is 0 Å². The van der Waals surface area contributed by atoms with Crippen LogP contribution in [0, 0.1) is 20.8 Å². The normalized spacial score (nSPS) is 10.8. The summed E-state index contributed by atoms with van der Waals surface area (Å²) in [6, 6.07) is 5.75. The van der Waals surface area contributed by atoms with Gasteiger partial charge in [0.25, 0.3) is 0 Å². The lowest BCUT2D eigenvalue weighted by Gasteiger charge is -2.12. The Morgan fingerprint density at radius 2 is 1.57 bits per heavy atom. The van der Waals surface area contributed by atoms with E-state index in [1.807, 2.05) is 32.0 Å². The number of hydrogen-bond donors (Lipinski definition) is 1. The van der Waals surface area contributed by atoms with Gasteiger partial charge < -0.3 is 9.47 Å². The summed E-state index contributed by atoms with van der Waals surface area (Å²) < 4.78 is 10.8. The first-order valence-corrected chi connectivity index (χ1v) is 9.14. The first-order chi connectivity index (χ1) is 13.4. The molecule has 0 fully saturated rings. The maximum Gasteiger partial charge on any atom is 0.341 e. The number of carbonyl (C=O) groups excluding carboxylic acids is 1. The third-order valence-corrected chi connectivity index (χ3v) is 4.15. The molecule has 0 saturated heterocycles. The van der Waals surface area contributed by atoms with Crippen LogP contribution in [0.4, 0.5) is 11.9 Å². The standard InChI is InChI=1S/C20H23N5O3/c1-6-27-15-10-8-9-14-11(3)21-20(24-17(14)15)25-19-22-12(4)16(13(5)23-19)18(26)28-7-2/h8-10H,6-7H2,1-5H3,(H,21,22,23,24,25). The minimum atomic E-state index is -0.428. The summed E-state index contributed by atoms with van der Waals surface area (Å²) in [5, 5.41) is 3.95. The van der Waals surface area contributed by atoms with Crippen molar-refractivity contribution in [2.75, 3.05) is 18.5 Å². The van der Waals surface area contributed by atoms with E-state index >= 15 is 0 Å². The fourth-order valence-electron chi connectivity index (χ4n) is 2.98. The van der Waals surface area contributed by atoms with Gasteiger partial charge in [0.15, 0.2) is 0 Å². The van der Waals surface area contributed by atoms with E-state index in [0.717, 1.165) is 16.6 Å². The number of benzene rings is 1. The molecule has 0 aliphatic heterocycles. The van der Waals surface area contributed by atoms with E-state index in [2.05, 4.69) is 25.3 Å². The number of anilines is 2. The van der Waals surface area contributed by atoms with E-state index in [1.54, 1.807) is 20.8 Å². The van der Waals surface area contributed by atoms with Crippen LogP contribution in [-0.4, -0.2) is 39.1 Å². The highest BCUT2D eigenvalue weighted by Crippen LogP contribution is 2.27. The van der Waals surface area contributed by atoms with Crippen molar-refractivity contribution in [1.82, 2.24) is 19.9 Å². The average Bonchev–Trinajstić information content (AvgIpc) is 2.62. The van der Waals surface area contributed by atoms with Crippen LogP contribution in [-0.2, 0) is 4.74 Å². The zero-order chi connectivity index (χ0) is 20.3. The molecule has 0 aliphatic carbocycles. The Hall–Kier alpha value is -3.29. The summed E-state index contributed by atoms with van der Waals surface area (Å²) in [5.74, 6) is 0.943. The summed E-state index contributed by atoms with van der Waals surface area (Å²) in [6.45, 7) is 9.92. The van der Waals surface area contributed by atoms with E-state index < -0.39 is 5.97 Å². The third-order valence-electron chi connectivity index (χ3n) is 4.15. The summed E-state index contributed by atoms with van der Waals surface area (Å²) in [6.07, 6.45) is 0. The van der Waals surface area contributed by atoms with E-state index in [4.69, 9.17) is 9.47 Å². The molecule has 8 nitrogen and oxygen atoms in total. The highest BCUT2D eigenvalue weighted by atomic mass is 16.5. The first-order valence-electron chi connectivity index (χ1n) is 9.14. The number of aryl methyl sites for hydroxylation is 3. The van der Waals surface area contributed by atoms with Crippen molar-refractivity contribution in [1.29, 1.82) is 0 Å². The monoisotopic (exact) mass is 381 g/mol. The number of para-hydroxylation sites is 1. The molecule has 0 amide bonds. The number of nitrogens with one attached hydrogen (secondary N) is 1. The van der Waals surface area contributed by atoms with Gasteiger partial charge in [-0.1, -0.05) is 12.1 Å². The van der Waals surface area contributed by atoms with Gasteiger partial charge in [-0.25, -0.2) is 24.7 Å². The minimum Gasteiger partial charge on any atom is -0.492 e. The number of nitrogens with zero attached hydrogens (tertiary/aromatic N) is 4. The lowest BCUT2D eigenvalue weighted by atomic mass is 10.2. The van der Waals surface area contributed by atoms with Gasteiger partial charge in [0.05, 0.1) is 30.3 Å². The van der Waals surface area contributed by atoms with Gasteiger partial charge in [-0.05, 0) is 40.7 Å². The molecule has 1 aromatic carbocycles. The van der Waals surface area contributed by atoms with Crippen LogP contribution in [0.15, 0.2) is 18.2 Å². The van der Waals surface area contributed by atoms with Crippen molar-refractivity contribution < 1.29 is 14.3 Å². The molecule has 0 unspecified atom stereocenters. The average molecular weight is 381 g/mol. The van der Waals surface area contributed by atoms with Crippen molar-refractivity contribution in [3.05, 3.63) is 40.8 Å². The number of fused-ring (bicyclic) bond motifs is 1. The van der Waals surface area contributed by atoms with Gasteiger partial charge >= 0.3 is 5.97 Å². The van der Waals surface area contributed by atoms with Gasteiger partial charge in [0.2, 0.25) is 11.9 Å². The summed E-state index contributed by atoms with van der Waals surface area (Å²) >= 11 is 0. The molecule has 0 atom stereocenters. The molecule has 0 bridgehead atoms. The van der Waals surface area contributed by atoms with Crippen LogP contribution in [0.1, 0.15) is 41.3 Å². The Morgan fingerprint density at radius 1 is 0.929 bits per heavy atom. The van der Waals surface area contributed by atoms with Crippen LogP contribution < -0.4 is 10.1 Å². The molecule has 2 aromatic heterocycles. The number of aromatic nitrogens is 4. The zero-order valence-electron chi connectivity index (χ0n) is 16.7. The molecule has 2 heterocycles. The van der Waals surface area contributed by atoms with Crippen molar-refractivity contribution in [3.63, 3.8) is 0 Å². The largest absolute Gasteiger partial charge is 0.492 e. The van der Waals surface area contributed by atoms with Crippen molar-refractivity contribution in [2.24, 2.45) is 0 Å². The van der Waals surface area contributed by atoms with Crippen LogP contribution >= 0.6 is 0 Å². The van der Waals surface area contributed by atoms with Crippen LogP contribution in [0.5, 0.6) is 5.75 Å². The molecule has 0 radical (unpaired) electrons. The van der Waals surface area contributed by atoms with Crippen molar-refractivity contribution >= 4 is 28.8 Å². The molecule has 1 N–H and O–H groups in total. The predicted molar refractivity (Wildman–Crippen MR) is 106 cm³/mol. The van der Waals surface area contributed by atoms with E-state index in [9.17, 15) is 4.79 Å². The SMILES string of the molecule is CCOC(=O)c1c(C)nc(Nc2nc(C)c3cccc(OCC)c3n2)nc1C. The van der Waals surface area contributed by atoms with Crippen molar-refractivity contribution in [2.45, 2.75) is 34.6 Å².